The highest BCUT2D eigenvalue weighted by Gasteiger charge is 2.21. The van der Waals surface area contributed by atoms with Gasteiger partial charge in [-0.2, -0.15) is 0 Å². The number of carbonyl (C=O) groups excluding carboxylic acids is 1. The fraction of sp³-hybridized carbons (Fsp3) is 0. The van der Waals surface area contributed by atoms with E-state index in [0.717, 1.165) is 27.5 Å². The first-order valence-corrected chi connectivity index (χ1v) is 11.9. The fourth-order valence-electron chi connectivity index (χ4n) is 4.43. The Labute approximate surface area is 213 Å². The smallest absolute Gasteiger partial charge is 0.258 e. The molecule has 0 bridgehead atoms. The van der Waals surface area contributed by atoms with Crippen molar-refractivity contribution in [3.8, 4) is 39.6 Å². The number of phenolic OH excluding ortho intramolecular Hbond substituents is 1. The number of aromatic nitrogens is 1. The molecule has 0 aliphatic heterocycles. The van der Waals surface area contributed by atoms with Gasteiger partial charge in [0.1, 0.15) is 11.4 Å². The predicted octanol–water partition coefficient (Wildman–Crippen LogP) is 7.79. The zero-order chi connectivity index (χ0) is 25.2. The van der Waals surface area contributed by atoms with Crippen LogP contribution >= 0.6 is 0 Å². The van der Waals surface area contributed by atoms with E-state index in [-0.39, 0.29) is 23.4 Å². The Kier molecular flexibility index (Phi) is 5.71. The molecule has 37 heavy (non-hydrogen) atoms. The van der Waals surface area contributed by atoms with Crippen LogP contribution in [-0.4, -0.2) is 16.0 Å². The van der Waals surface area contributed by atoms with E-state index in [1.54, 1.807) is 36.4 Å². The molecule has 0 fully saturated rings. The molecule has 6 rings (SSSR count). The van der Waals surface area contributed by atoms with Gasteiger partial charge in [-0.05, 0) is 46.2 Å². The van der Waals surface area contributed by atoms with Gasteiger partial charge in [-0.1, -0.05) is 97.1 Å². The lowest BCUT2D eigenvalue weighted by Crippen LogP contribution is -2.11. The van der Waals surface area contributed by atoms with Crippen molar-refractivity contribution in [2.24, 2.45) is 0 Å². The molecular formula is C32H22N2O3. The van der Waals surface area contributed by atoms with Crippen LogP contribution in [0.15, 0.2) is 126 Å². The summed E-state index contributed by atoms with van der Waals surface area (Å²) >= 11 is 0. The highest BCUT2D eigenvalue weighted by atomic mass is 16.4. The number of hydrogen-bond donors (Lipinski definition) is 2. The molecule has 0 spiro atoms. The van der Waals surface area contributed by atoms with Gasteiger partial charge in [0.15, 0.2) is 0 Å². The molecule has 1 amide bonds. The zero-order valence-electron chi connectivity index (χ0n) is 19.8. The molecule has 1 heterocycles. The van der Waals surface area contributed by atoms with Crippen LogP contribution < -0.4 is 5.32 Å². The quantitative estimate of drug-likeness (QED) is 0.263. The number of carbonyl (C=O) groups is 1. The van der Waals surface area contributed by atoms with Gasteiger partial charge in [-0.25, -0.2) is 4.98 Å². The molecule has 0 unspecified atom stereocenters. The first-order valence-electron chi connectivity index (χ1n) is 11.9. The standard InChI is InChI=1S/C32H22N2O3/c35-28-20-24(26-17-9-15-21-10-7-8-16-25(21)26)18-19-27(28)31-33-29(22-11-3-1-4-12-22)32(37-31)34-30(36)23-13-5-2-6-14-23/h1-20,35H,(H,34,36). The molecule has 0 aliphatic rings. The second-order valence-electron chi connectivity index (χ2n) is 8.64. The average molecular weight is 483 g/mol. The molecular weight excluding hydrogens is 460 g/mol. The molecule has 5 nitrogen and oxygen atoms in total. The highest BCUT2D eigenvalue weighted by molar-refractivity contribution is 6.05. The second-order valence-corrected chi connectivity index (χ2v) is 8.64. The Morgan fingerprint density at radius 1 is 0.703 bits per heavy atom. The molecule has 5 aromatic carbocycles. The Morgan fingerprint density at radius 3 is 2.19 bits per heavy atom. The summed E-state index contributed by atoms with van der Waals surface area (Å²) in [7, 11) is 0. The van der Waals surface area contributed by atoms with Crippen LogP contribution in [0.4, 0.5) is 5.88 Å². The van der Waals surface area contributed by atoms with E-state index in [4.69, 9.17) is 4.42 Å². The van der Waals surface area contributed by atoms with E-state index in [2.05, 4.69) is 28.5 Å². The van der Waals surface area contributed by atoms with Crippen LogP contribution in [0, 0.1) is 0 Å². The van der Waals surface area contributed by atoms with Crippen LogP contribution in [0.25, 0.3) is 44.6 Å². The molecule has 0 aliphatic carbocycles. The Morgan fingerprint density at radius 2 is 1.41 bits per heavy atom. The number of anilines is 1. The monoisotopic (exact) mass is 482 g/mol. The van der Waals surface area contributed by atoms with Gasteiger partial charge in [-0.15, -0.1) is 0 Å². The number of fused-ring (bicyclic) bond motifs is 1. The normalized spacial score (nSPS) is 10.9. The Hall–Kier alpha value is -5.16. The first kappa shape index (κ1) is 22.3. The molecule has 0 radical (unpaired) electrons. The third-order valence-electron chi connectivity index (χ3n) is 6.27. The van der Waals surface area contributed by atoms with Crippen LogP contribution in [0.3, 0.4) is 0 Å². The average Bonchev–Trinajstić information content (AvgIpc) is 3.37. The maximum absolute atomic E-state index is 12.9. The summed E-state index contributed by atoms with van der Waals surface area (Å²) in [5.41, 5.74) is 4.10. The Bertz CT molecular complexity index is 1720. The molecule has 0 saturated carbocycles. The molecule has 0 saturated heterocycles. The van der Waals surface area contributed by atoms with Crippen molar-refractivity contribution in [3.05, 3.63) is 127 Å². The maximum atomic E-state index is 12.9. The summed E-state index contributed by atoms with van der Waals surface area (Å²) in [6, 6.07) is 38.1. The van der Waals surface area contributed by atoms with Crippen molar-refractivity contribution in [2.75, 3.05) is 5.32 Å². The topological polar surface area (TPSA) is 75.4 Å². The van der Waals surface area contributed by atoms with Crippen molar-refractivity contribution in [1.29, 1.82) is 0 Å². The van der Waals surface area contributed by atoms with Gasteiger partial charge < -0.3 is 9.52 Å². The van der Waals surface area contributed by atoms with E-state index in [9.17, 15) is 9.90 Å². The minimum atomic E-state index is -0.309. The highest BCUT2D eigenvalue weighted by Crippen LogP contribution is 2.39. The van der Waals surface area contributed by atoms with Crippen LogP contribution in [-0.2, 0) is 0 Å². The lowest BCUT2D eigenvalue weighted by atomic mass is 9.97. The number of nitrogens with one attached hydrogen (secondary N) is 1. The second kappa shape index (κ2) is 9.47. The predicted molar refractivity (Wildman–Crippen MR) is 146 cm³/mol. The van der Waals surface area contributed by atoms with Crippen LogP contribution in [0.5, 0.6) is 5.75 Å². The number of rotatable bonds is 5. The summed E-state index contributed by atoms with van der Waals surface area (Å²) in [5, 5.41) is 16.1. The summed E-state index contributed by atoms with van der Waals surface area (Å²) in [6.45, 7) is 0. The molecule has 0 atom stereocenters. The molecule has 6 aromatic rings. The van der Waals surface area contributed by atoms with Gasteiger partial charge in [-0.3, -0.25) is 10.1 Å². The van der Waals surface area contributed by atoms with E-state index in [1.807, 2.05) is 66.7 Å². The maximum Gasteiger partial charge on any atom is 0.258 e. The minimum absolute atomic E-state index is 0.0345. The van der Waals surface area contributed by atoms with Crippen molar-refractivity contribution in [3.63, 3.8) is 0 Å². The third kappa shape index (κ3) is 4.34. The zero-order valence-corrected chi connectivity index (χ0v) is 19.8. The molecule has 5 heteroatoms. The SMILES string of the molecule is O=C(Nc1oc(-c2ccc(-c3cccc4ccccc34)cc2O)nc1-c1ccccc1)c1ccccc1. The van der Waals surface area contributed by atoms with E-state index in [0.29, 0.717) is 16.8 Å². The Balaban J connectivity index is 1.40. The van der Waals surface area contributed by atoms with Gasteiger partial charge in [0.05, 0.1) is 5.56 Å². The third-order valence-corrected chi connectivity index (χ3v) is 6.27. The lowest BCUT2D eigenvalue weighted by molar-refractivity contribution is 0.102. The number of amides is 1. The number of oxazole rings is 1. The number of benzene rings is 5. The number of nitrogens with zero attached hydrogens (tertiary/aromatic N) is 1. The van der Waals surface area contributed by atoms with Crippen LogP contribution in [0.2, 0.25) is 0 Å². The van der Waals surface area contributed by atoms with E-state index in [1.165, 1.54) is 0 Å². The van der Waals surface area contributed by atoms with Crippen molar-refractivity contribution in [1.82, 2.24) is 4.98 Å². The van der Waals surface area contributed by atoms with Gasteiger partial charge >= 0.3 is 0 Å². The fourth-order valence-corrected chi connectivity index (χ4v) is 4.43. The number of phenols is 1. The minimum Gasteiger partial charge on any atom is -0.507 e. The largest absolute Gasteiger partial charge is 0.507 e. The summed E-state index contributed by atoms with van der Waals surface area (Å²) in [4.78, 5) is 17.5. The van der Waals surface area contributed by atoms with Crippen molar-refractivity contribution >= 4 is 22.6 Å². The molecule has 2 N–H and O–H groups in total. The van der Waals surface area contributed by atoms with Gasteiger partial charge in [0.25, 0.3) is 5.91 Å². The molecule has 178 valence electrons. The lowest BCUT2D eigenvalue weighted by Gasteiger charge is -2.09. The van der Waals surface area contributed by atoms with Crippen LogP contribution in [0.1, 0.15) is 10.4 Å². The summed E-state index contributed by atoms with van der Waals surface area (Å²) in [5.74, 6) is 0.153. The molecule has 1 aromatic heterocycles. The van der Waals surface area contributed by atoms with E-state index >= 15 is 0 Å². The number of aromatic hydroxyl groups is 1. The van der Waals surface area contributed by atoms with Crippen molar-refractivity contribution in [2.45, 2.75) is 0 Å². The van der Waals surface area contributed by atoms with E-state index < -0.39 is 0 Å². The summed E-state index contributed by atoms with van der Waals surface area (Å²) < 4.78 is 6.04. The van der Waals surface area contributed by atoms with Gasteiger partial charge in [0.2, 0.25) is 11.8 Å². The number of hydrogen-bond acceptors (Lipinski definition) is 4. The van der Waals surface area contributed by atoms with Gasteiger partial charge in [0, 0.05) is 11.1 Å². The summed E-state index contributed by atoms with van der Waals surface area (Å²) in [6.07, 6.45) is 0. The first-order chi connectivity index (χ1) is 18.2. The van der Waals surface area contributed by atoms with Crippen molar-refractivity contribution < 1.29 is 14.3 Å².